The summed E-state index contributed by atoms with van der Waals surface area (Å²) in [5.41, 5.74) is -1.66. The molecule has 1 heterocycles. The van der Waals surface area contributed by atoms with Gasteiger partial charge in [0.1, 0.15) is 0 Å². The number of hydrogen-bond acceptors (Lipinski definition) is 4. The predicted molar refractivity (Wildman–Crippen MR) is 104 cm³/mol. The summed E-state index contributed by atoms with van der Waals surface area (Å²) in [6.07, 6.45) is 10.2. The molecule has 0 amide bonds. The topological polar surface area (TPSA) is 53.3 Å². The van der Waals surface area contributed by atoms with Gasteiger partial charge in [0, 0.05) is 5.41 Å². The minimum Gasteiger partial charge on any atom is -0.465 e. The smallest absolute Gasteiger partial charge is 0.329 e. The molecule has 144 valence electrons. The molecule has 0 saturated carbocycles. The van der Waals surface area contributed by atoms with E-state index in [0.29, 0.717) is 12.5 Å². The molecule has 5 atom stereocenters. The highest BCUT2D eigenvalue weighted by Gasteiger charge is 2.64. The summed E-state index contributed by atoms with van der Waals surface area (Å²) in [5.74, 6) is 0.125. The van der Waals surface area contributed by atoms with Gasteiger partial charge in [-0.15, -0.1) is 6.58 Å². The molecule has 2 rings (SSSR count). The van der Waals surface area contributed by atoms with E-state index in [9.17, 15) is 10.1 Å². The van der Waals surface area contributed by atoms with E-state index in [2.05, 4.69) is 50.5 Å². The first-order valence-corrected chi connectivity index (χ1v) is 10.0. The van der Waals surface area contributed by atoms with Gasteiger partial charge in [-0.25, -0.2) is 0 Å². The van der Waals surface area contributed by atoms with Crippen molar-refractivity contribution in [2.45, 2.75) is 59.4 Å². The van der Waals surface area contributed by atoms with Crippen LogP contribution in [-0.4, -0.2) is 36.6 Å². The molecule has 1 aliphatic heterocycles. The lowest BCUT2D eigenvalue weighted by Crippen LogP contribution is -2.62. The second-order valence-electron chi connectivity index (χ2n) is 8.17. The first-order chi connectivity index (χ1) is 12.4. The van der Waals surface area contributed by atoms with Gasteiger partial charge in [-0.2, -0.15) is 5.26 Å². The number of esters is 1. The van der Waals surface area contributed by atoms with Gasteiger partial charge in [0.25, 0.3) is 0 Å². The third-order valence-corrected chi connectivity index (χ3v) is 6.76. The fraction of sp³-hybridized carbons (Fsp3) is 0.727. The van der Waals surface area contributed by atoms with Crippen LogP contribution in [0.5, 0.6) is 0 Å². The average molecular weight is 359 g/mol. The van der Waals surface area contributed by atoms with E-state index in [0.717, 1.165) is 38.8 Å². The number of carbonyl (C=O) groups is 1. The van der Waals surface area contributed by atoms with Crippen molar-refractivity contribution < 1.29 is 9.53 Å². The molecule has 0 N–H and O–H groups in total. The summed E-state index contributed by atoms with van der Waals surface area (Å²) in [6, 6.07) is 2.28. The maximum atomic E-state index is 13.3. The zero-order chi connectivity index (χ0) is 19.4. The monoisotopic (exact) mass is 358 g/mol. The molecule has 0 spiro atoms. The Labute approximate surface area is 158 Å². The minimum atomic E-state index is -1.18. The highest BCUT2D eigenvalue weighted by molar-refractivity contribution is 5.83. The van der Waals surface area contributed by atoms with Crippen molar-refractivity contribution in [3.8, 4) is 6.07 Å². The molecule has 1 fully saturated rings. The van der Waals surface area contributed by atoms with Crippen LogP contribution >= 0.6 is 0 Å². The van der Waals surface area contributed by atoms with Gasteiger partial charge in [-0.05, 0) is 57.5 Å². The van der Waals surface area contributed by atoms with Gasteiger partial charge < -0.3 is 4.74 Å². The zero-order valence-corrected chi connectivity index (χ0v) is 16.8. The lowest BCUT2D eigenvalue weighted by Gasteiger charge is -2.53. The molecule has 0 aromatic carbocycles. The SMILES string of the molecule is C=CC(C)CC[C@@]1(C)C(C)C=CC(N2CCCC2)[C@@]1(C#N)C(=O)OCC. The number of nitriles is 1. The van der Waals surface area contributed by atoms with Crippen LogP contribution in [0.3, 0.4) is 0 Å². The summed E-state index contributed by atoms with van der Waals surface area (Å²) < 4.78 is 5.50. The van der Waals surface area contributed by atoms with Crippen LogP contribution in [0.2, 0.25) is 0 Å². The molecule has 26 heavy (non-hydrogen) atoms. The van der Waals surface area contributed by atoms with Gasteiger partial charge in [0.2, 0.25) is 0 Å². The van der Waals surface area contributed by atoms with Crippen molar-refractivity contribution in [1.29, 1.82) is 5.26 Å². The summed E-state index contributed by atoms with van der Waals surface area (Å²) in [6.45, 7) is 14.2. The summed E-state index contributed by atoms with van der Waals surface area (Å²) in [7, 11) is 0. The molecule has 1 saturated heterocycles. The number of ether oxygens (including phenoxy) is 1. The standard InChI is InChI=1S/C22H34N2O2/c1-6-17(3)12-13-21(5)18(4)10-11-19(24-14-8-9-15-24)22(21,16-23)20(25)26-7-2/h6,10-11,17-19H,1,7-9,12-15H2,2-5H3/t17?,18?,19?,21-,22-/m0/s1. The van der Waals surface area contributed by atoms with E-state index < -0.39 is 10.8 Å². The number of likely N-dealkylation sites (tertiary alicyclic amines) is 1. The van der Waals surface area contributed by atoms with Crippen molar-refractivity contribution >= 4 is 5.97 Å². The summed E-state index contributed by atoms with van der Waals surface area (Å²) in [5, 5.41) is 10.4. The van der Waals surface area contributed by atoms with Gasteiger partial charge in [-0.3, -0.25) is 9.69 Å². The Kier molecular flexibility index (Phi) is 6.69. The van der Waals surface area contributed by atoms with Crippen LogP contribution in [0.15, 0.2) is 24.8 Å². The molecule has 3 unspecified atom stereocenters. The first kappa shape index (κ1) is 20.7. The molecule has 4 heteroatoms. The highest BCUT2D eigenvalue weighted by Crippen LogP contribution is 2.56. The quantitative estimate of drug-likeness (QED) is 0.502. The van der Waals surface area contributed by atoms with Crippen LogP contribution in [0.4, 0.5) is 0 Å². The van der Waals surface area contributed by atoms with Gasteiger partial charge >= 0.3 is 5.97 Å². The Morgan fingerprint density at radius 3 is 2.65 bits per heavy atom. The third-order valence-electron chi connectivity index (χ3n) is 6.76. The fourth-order valence-corrected chi connectivity index (χ4v) is 4.65. The van der Waals surface area contributed by atoms with Gasteiger partial charge in [-0.1, -0.05) is 39.0 Å². The van der Waals surface area contributed by atoms with E-state index >= 15 is 0 Å². The number of carbonyl (C=O) groups excluding carboxylic acids is 1. The molecule has 0 bridgehead atoms. The molecular weight excluding hydrogens is 324 g/mol. The van der Waals surface area contributed by atoms with Crippen LogP contribution in [0.1, 0.15) is 53.4 Å². The summed E-state index contributed by atoms with van der Waals surface area (Å²) in [4.78, 5) is 15.6. The predicted octanol–water partition coefficient (Wildman–Crippen LogP) is 4.34. The Hall–Kier alpha value is -1.60. The van der Waals surface area contributed by atoms with Gasteiger partial charge in [0.05, 0.1) is 18.7 Å². The van der Waals surface area contributed by atoms with E-state index in [4.69, 9.17) is 4.74 Å². The van der Waals surface area contributed by atoms with E-state index in [1.165, 1.54) is 0 Å². The van der Waals surface area contributed by atoms with Crippen molar-refractivity contribution in [3.05, 3.63) is 24.8 Å². The number of allylic oxidation sites excluding steroid dienone is 2. The molecule has 2 aliphatic rings. The molecule has 4 nitrogen and oxygen atoms in total. The Balaban J connectivity index is 2.53. The second kappa shape index (κ2) is 8.39. The van der Waals surface area contributed by atoms with E-state index in [1.807, 2.05) is 13.0 Å². The maximum absolute atomic E-state index is 13.3. The van der Waals surface area contributed by atoms with E-state index in [-0.39, 0.29) is 17.9 Å². The Bertz CT molecular complexity index is 587. The normalized spacial score (nSPS) is 35.7. The highest BCUT2D eigenvalue weighted by atomic mass is 16.5. The second-order valence-corrected chi connectivity index (χ2v) is 8.17. The largest absolute Gasteiger partial charge is 0.465 e. The van der Waals surface area contributed by atoms with Crippen molar-refractivity contribution in [1.82, 2.24) is 4.90 Å². The molecule has 0 aromatic rings. The number of hydrogen-bond donors (Lipinski definition) is 0. The lowest BCUT2D eigenvalue weighted by atomic mass is 9.51. The summed E-state index contributed by atoms with van der Waals surface area (Å²) >= 11 is 0. The molecule has 1 aliphatic carbocycles. The van der Waals surface area contributed by atoms with Crippen LogP contribution in [0.25, 0.3) is 0 Å². The van der Waals surface area contributed by atoms with Crippen molar-refractivity contribution in [3.63, 3.8) is 0 Å². The first-order valence-electron chi connectivity index (χ1n) is 10.0. The van der Waals surface area contributed by atoms with E-state index in [1.54, 1.807) is 0 Å². The lowest BCUT2D eigenvalue weighted by molar-refractivity contribution is -0.167. The average Bonchev–Trinajstić information content (AvgIpc) is 3.16. The number of rotatable bonds is 7. The zero-order valence-electron chi connectivity index (χ0n) is 16.8. The molecule has 0 aromatic heterocycles. The minimum absolute atomic E-state index is 0.127. The Morgan fingerprint density at radius 2 is 2.12 bits per heavy atom. The van der Waals surface area contributed by atoms with Crippen LogP contribution < -0.4 is 0 Å². The number of nitrogens with zero attached hydrogens (tertiary/aromatic N) is 2. The fourth-order valence-electron chi connectivity index (χ4n) is 4.65. The van der Waals surface area contributed by atoms with Crippen molar-refractivity contribution in [2.75, 3.05) is 19.7 Å². The third kappa shape index (κ3) is 3.34. The molecule has 0 radical (unpaired) electrons. The van der Waals surface area contributed by atoms with Crippen LogP contribution in [-0.2, 0) is 9.53 Å². The maximum Gasteiger partial charge on any atom is 0.329 e. The Morgan fingerprint density at radius 1 is 1.46 bits per heavy atom. The van der Waals surface area contributed by atoms with Gasteiger partial charge in [0.15, 0.2) is 5.41 Å². The van der Waals surface area contributed by atoms with Crippen LogP contribution in [0, 0.1) is 34.0 Å². The van der Waals surface area contributed by atoms with Crippen molar-refractivity contribution in [2.24, 2.45) is 22.7 Å². The molecular formula is C22H34N2O2.